The molecule has 1 N–H and O–H groups in total. The number of nitrogens with one attached hydrogen (secondary N) is 1. The number of alkyl halides is 1. The van der Waals surface area contributed by atoms with Crippen LogP contribution in [0.1, 0.15) is 6.42 Å². The van der Waals surface area contributed by atoms with Crippen LogP contribution in [-0.2, 0) is 0 Å². The smallest absolute Gasteiger partial charge is 0.0586 e. The highest BCUT2D eigenvalue weighted by Gasteiger charge is 2.05. The third-order valence-electron chi connectivity index (χ3n) is 0.925. The number of rotatable bonds is 1. The fourth-order valence-corrected chi connectivity index (χ4v) is 0.897. The van der Waals surface area contributed by atoms with Crippen LogP contribution in [-0.4, -0.2) is 17.6 Å². The number of nitrogens with zero attached hydrogens (tertiary/aromatic N) is 1. The van der Waals surface area contributed by atoms with E-state index in [9.17, 15) is 0 Å². The maximum atomic E-state index is 3.83. The summed E-state index contributed by atoms with van der Waals surface area (Å²) in [6.07, 6.45) is 2.96. The molecular formula is C4H7BrN2. The van der Waals surface area contributed by atoms with Crippen molar-refractivity contribution in [2.45, 2.75) is 12.5 Å². The Kier molecular flexibility index (Phi) is 1.68. The standard InChI is InChI=1S/C4H7BrN2/c5-3-4-1-2-6-7-4/h2,4,7H,1,3H2. The van der Waals surface area contributed by atoms with Crippen molar-refractivity contribution >= 4 is 22.1 Å². The van der Waals surface area contributed by atoms with Gasteiger partial charge in [0.05, 0.1) is 6.04 Å². The lowest BCUT2D eigenvalue weighted by atomic mass is 10.3. The van der Waals surface area contributed by atoms with E-state index in [0.29, 0.717) is 6.04 Å². The molecule has 40 valence electrons. The highest BCUT2D eigenvalue weighted by atomic mass is 79.9. The second-order valence-electron chi connectivity index (χ2n) is 1.53. The van der Waals surface area contributed by atoms with Crippen molar-refractivity contribution in [3.05, 3.63) is 0 Å². The SMILES string of the molecule is BrCC1CC=NN1. The van der Waals surface area contributed by atoms with Crippen molar-refractivity contribution in [3.63, 3.8) is 0 Å². The van der Waals surface area contributed by atoms with Gasteiger partial charge in [-0.3, -0.25) is 0 Å². The molecule has 0 aromatic heterocycles. The third-order valence-corrected chi connectivity index (χ3v) is 1.71. The average molecular weight is 163 g/mol. The number of hydrogen-bond acceptors (Lipinski definition) is 2. The van der Waals surface area contributed by atoms with Gasteiger partial charge in [0.2, 0.25) is 0 Å². The number of halogens is 1. The van der Waals surface area contributed by atoms with Crippen molar-refractivity contribution in [2.75, 3.05) is 5.33 Å². The molecule has 0 fully saturated rings. The molecule has 0 amide bonds. The number of hydrogen-bond donors (Lipinski definition) is 1. The summed E-state index contributed by atoms with van der Waals surface area (Å²) in [6.45, 7) is 0. The minimum Gasteiger partial charge on any atom is -0.306 e. The molecular weight excluding hydrogens is 156 g/mol. The van der Waals surface area contributed by atoms with Crippen LogP contribution in [0.15, 0.2) is 5.10 Å². The Morgan fingerprint density at radius 1 is 2.00 bits per heavy atom. The molecule has 1 aliphatic heterocycles. The zero-order valence-corrected chi connectivity index (χ0v) is 5.48. The molecule has 2 nitrogen and oxygen atoms in total. The molecule has 3 heteroatoms. The molecule has 7 heavy (non-hydrogen) atoms. The van der Waals surface area contributed by atoms with Gasteiger partial charge in [-0.25, -0.2) is 0 Å². The first-order valence-electron chi connectivity index (χ1n) is 2.26. The molecule has 0 spiro atoms. The van der Waals surface area contributed by atoms with E-state index in [1.165, 1.54) is 0 Å². The van der Waals surface area contributed by atoms with Gasteiger partial charge in [0.1, 0.15) is 0 Å². The van der Waals surface area contributed by atoms with E-state index in [2.05, 4.69) is 26.5 Å². The Labute approximate surface area is 51.1 Å². The third kappa shape index (κ3) is 1.16. The highest BCUT2D eigenvalue weighted by Crippen LogP contribution is 1.98. The molecule has 0 radical (unpaired) electrons. The second kappa shape index (κ2) is 2.31. The lowest BCUT2D eigenvalue weighted by Gasteiger charge is -2.00. The van der Waals surface area contributed by atoms with Crippen LogP contribution in [0.5, 0.6) is 0 Å². The lowest BCUT2D eigenvalue weighted by Crippen LogP contribution is -2.19. The van der Waals surface area contributed by atoms with E-state index in [1.54, 1.807) is 0 Å². The van der Waals surface area contributed by atoms with Crippen LogP contribution >= 0.6 is 15.9 Å². The summed E-state index contributed by atoms with van der Waals surface area (Å²) in [5.41, 5.74) is 2.93. The second-order valence-corrected chi connectivity index (χ2v) is 2.18. The van der Waals surface area contributed by atoms with E-state index < -0.39 is 0 Å². The van der Waals surface area contributed by atoms with Crippen LogP contribution in [0.2, 0.25) is 0 Å². The van der Waals surface area contributed by atoms with Crippen LogP contribution in [0.3, 0.4) is 0 Å². The molecule has 0 bridgehead atoms. The average Bonchev–Trinajstić information content (AvgIpc) is 2.14. The molecule has 1 rings (SSSR count). The lowest BCUT2D eigenvalue weighted by molar-refractivity contribution is 0.648. The Balaban J connectivity index is 2.22. The highest BCUT2D eigenvalue weighted by molar-refractivity contribution is 9.09. The van der Waals surface area contributed by atoms with Gasteiger partial charge in [0.25, 0.3) is 0 Å². The quantitative estimate of drug-likeness (QED) is 0.566. The molecule has 0 aliphatic carbocycles. The van der Waals surface area contributed by atoms with Gasteiger partial charge in [-0.2, -0.15) is 5.10 Å². The van der Waals surface area contributed by atoms with Crippen molar-refractivity contribution in [3.8, 4) is 0 Å². The van der Waals surface area contributed by atoms with Gasteiger partial charge < -0.3 is 5.43 Å². The van der Waals surface area contributed by atoms with Gasteiger partial charge in [-0.05, 0) is 0 Å². The normalized spacial score (nSPS) is 27.9. The van der Waals surface area contributed by atoms with E-state index in [1.807, 2.05) is 6.21 Å². The Hall–Kier alpha value is -0.0500. The maximum absolute atomic E-state index is 3.83. The molecule has 0 aromatic carbocycles. The fourth-order valence-electron chi connectivity index (χ4n) is 0.488. The first-order chi connectivity index (χ1) is 3.43. The zero-order valence-electron chi connectivity index (χ0n) is 3.89. The van der Waals surface area contributed by atoms with Gasteiger partial charge in [-0.1, -0.05) is 15.9 Å². The van der Waals surface area contributed by atoms with E-state index in [4.69, 9.17) is 0 Å². The largest absolute Gasteiger partial charge is 0.306 e. The van der Waals surface area contributed by atoms with Crippen molar-refractivity contribution in [2.24, 2.45) is 5.10 Å². The van der Waals surface area contributed by atoms with Crippen molar-refractivity contribution in [1.29, 1.82) is 0 Å². The number of hydrazone groups is 1. The minimum absolute atomic E-state index is 0.542. The molecule has 0 saturated carbocycles. The van der Waals surface area contributed by atoms with Gasteiger partial charge in [-0.15, -0.1) is 0 Å². The summed E-state index contributed by atoms with van der Waals surface area (Å²) < 4.78 is 0. The van der Waals surface area contributed by atoms with Crippen molar-refractivity contribution < 1.29 is 0 Å². The predicted molar refractivity (Wildman–Crippen MR) is 33.8 cm³/mol. The topological polar surface area (TPSA) is 24.4 Å². The first kappa shape index (κ1) is 5.09. The summed E-state index contributed by atoms with van der Waals surface area (Å²) in [7, 11) is 0. The van der Waals surface area contributed by atoms with Gasteiger partial charge in [0.15, 0.2) is 0 Å². The molecule has 1 heterocycles. The van der Waals surface area contributed by atoms with Gasteiger partial charge >= 0.3 is 0 Å². The van der Waals surface area contributed by atoms with E-state index in [-0.39, 0.29) is 0 Å². The molecule has 1 unspecified atom stereocenters. The predicted octanol–water partition coefficient (Wildman–Crippen LogP) is 0.729. The molecule has 1 aliphatic rings. The summed E-state index contributed by atoms with van der Waals surface area (Å²) in [4.78, 5) is 0. The minimum atomic E-state index is 0.542. The first-order valence-corrected chi connectivity index (χ1v) is 3.38. The molecule has 0 saturated heterocycles. The van der Waals surface area contributed by atoms with E-state index >= 15 is 0 Å². The summed E-state index contributed by atoms with van der Waals surface area (Å²) in [5.74, 6) is 0. The van der Waals surface area contributed by atoms with E-state index in [0.717, 1.165) is 11.8 Å². The molecule has 0 aromatic rings. The zero-order chi connectivity index (χ0) is 5.11. The van der Waals surface area contributed by atoms with Crippen LogP contribution in [0.4, 0.5) is 0 Å². The van der Waals surface area contributed by atoms with Crippen LogP contribution < -0.4 is 5.43 Å². The Morgan fingerprint density at radius 2 is 2.86 bits per heavy atom. The molecule has 1 atom stereocenters. The Morgan fingerprint density at radius 3 is 3.14 bits per heavy atom. The fraction of sp³-hybridized carbons (Fsp3) is 0.750. The van der Waals surface area contributed by atoms with Crippen LogP contribution in [0, 0.1) is 0 Å². The summed E-state index contributed by atoms with van der Waals surface area (Å²) in [6, 6.07) is 0.542. The Bertz CT molecular complexity index is 73.8. The summed E-state index contributed by atoms with van der Waals surface area (Å²) >= 11 is 3.33. The van der Waals surface area contributed by atoms with Crippen molar-refractivity contribution in [1.82, 2.24) is 5.43 Å². The summed E-state index contributed by atoms with van der Waals surface area (Å²) in [5, 5.41) is 4.82. The maximum Gasteiger partial charge on any atom is 0.0586 e. The van der Waals surface area contributed by atoms with Gasteiger partial charge in [0, 0.05) is 18.0 Å². The monoisotopic (exact) mass is 162 g/mol. The van der Waals surface area contributed by atoms with Crippen LogP contribution in [0.25, 0.3) is 0 Å².